The van der Waals surface area contributed by atoms with Crippen LogP contribution in [0.25, 0.3) is 10.9 Å². The number of nitrogens with zero attached hydrogens (tertiary/aromatic N) is 3. The Kier molecular flexibility index (Phi) is 5.23. The van der Waals surface area contributed by atoms with Gasteiger partial charge in [-0.15, -0.1) is 0 Å². The first-order valence-electron chi connectivity index (χ1n) is 9.99. The number of likely N-dealkylation sites (tertiary alicyclic amines) is 1. The average molecular weight is 418 g/mol. The number of nitrogen functional groups attached to an aromatic ring is 1. The van der Waals surface area contributed by atoms with Crippen LogP contribution in [0.2, 0.25) is 0 Å². The molecule has 3 N–H and O–H groups in total. The largest absolute Gasteiger partial charge is 0.421 e. The monoisotopic (exact) mass is 418 g/mol. The highest BCUT2D eigenvalue weighted by Gasteiger charge is 2.51. The van der Waals surface area contributed by atoms with E-state index in [-0.39, 0.29) is 5.56 Å². The standard InChI is InChI=1S/C22H25F3N4O/c1-21(30,22(23,24)25)17-5-2-15(3-6-17)14-28-10-8-19(9-11-28)29-20-12-18(26)7-4-16(20)13-27-29/h2-7,12-13,19,30H,8-11,14,26H2,1H3. The second-order valence-electron chi connectivity index (χ2n) is 8.18. The van der Waals surface area contributed by atoms with Gasteiger partial charge in [0, 0.05) is 30.7 Å². The van der Waals surface area contributed by atoms with Crippen molar-refractivity contribution in [3.05, 3.63) is 59.8 Å². The highest BCUT2D eigenvalue weighted by molar-refractivity contribution is 5.81. The molecule has 5 nitrogen and oxygen atoms in total. The van der Waals surface area contributed by atoms with Gasteiger partial charge in [-0.25, -0.2) is 0 Å². The molecule has 1 saturated heterocycles. The van der Waals surface area contributed by atoms with Gasteiger partial charge in [0.05, 0.1) is 17.8 Å². The van der Waals surface area contributed by atoms with Gasteiger partial charge in [0.2, 0.25) is 0 Å². The van der Waals surface area contributed by atoms with E-state index in [1.54, 1.807) is 12.1 Å². The first kappa shape index (κ1) is 20.7. The molecule has 1 aliphatic rings. The van der Waals surface area contributed by atoms with Gasteiger partial charge >= 0.3 is 6.18 Å². The average Bonchev–Trinajstić information content (AvgIpc) is 3.11. The normalized spacial score (nSPS) is 18.6. The van der Waals surface area contributed by atoms with Crippen molar-refractivity contribution in [2.45, 2.75) is 44.1 Å². The van der Waals surface area contributed by atoms with Crippen molar-refractivity contribution >= 4 is 16.6 Å². The quantitative estimate of drug-likeness (QED) is 0.623. The number of hydrogen-bond donors (Lipinski definition) is 2. The first-order valence-corrected chi connectivity index (χ1v) is 9.99. The van der Waals surface area contributed by atoms with E-state index in [0.717, 1.165) is 55.0 Å². The lowest BCUT2D eigenvalue weighted by Crippen LogP contribution is -2.39. The molecule has 0 radical (unpaired) electrons. The fourth-order valence-corrected chi connectivity index (χ4v) is 4.02. The van der Waals surface area contributed by atoms with E-state index in [9.17, 15) is 18.3 Å². The van der Waals surface area contributed by atoms with Crippen molar-refractivity contribution in [1.82, 2.24) is 14.7 Å². The first-order chi connectivity index (χ1) is 14.1. The molecule has 0 aliphatic carbocycles. The third-order valence-electron chi connectivity index (χ3n) is 6.00. The predicted octanol–water partition coefficient (Wildman–Crippen LogP) is 4.23. The zero-order chi connectivity index (χ0) is 21.5. The Morgan fingerprint density at radius 2 is 1.77 bits per heavy atom. The zero-order valence-corrected chi connectivity index (χ0v) is 16.7. The van der Waals surface area contributed by atoms with Crippen LogP contribution in [0.4, 0.5) is 18.9 Å². The van der Waals surface area contributed by atoms with Gasteiger partial charge in [0.1, 0.15) is 0 Å². The van der Waals surface area contributed by atoms with Crippen molar-refractivity contribution < 1.29 is 18.3 Å². The summed E-state index contributed by atoms with van der Waals surface area (Å²) >= 11 is 0. The van der Waals surface area contributed by atoms with Gasteiger partial charge in [-0.1, -0.05) is 24.3 Å². The van der Waals surface area contributed by atoms with Crippen molar-refractivity contribution in [3.8, 4) is 0 Å². The molecular formula is C22H25F3N4O. The summed E-state index contributed by atoms with van der Waals surface area (Å²) in [5.41, 5.74) is 5.61. The van der Waals surface area contributed by atoms with Crippen LogP contribution in [0.3, 0.4) is 0 Å². The van der Waals surface area contributed by atoms with Gasteiger partial charge in [-0.2, -0.15) is 18.3 Å². The molecule has 0 spiro atoms. The molecule has 0 bridgehead atoms. The van der Waals surface area contributed by atoms with Crippen LogP contribution in [0.5, 0.6) is 0 Å². The molecular weight excluding hydrogens is 393 g/mol. The fourth-order valence-electron chi connectivity index (χ4n) is 4.02. The molecule has 8 heteroatoms. The molecule has 30 heavy (non-hydrogen) atoms. The highest BCUT2D eigenvalue weighted by Crippen LogP contribution is 2.38. The molecule has 160 valence electrons. The molecule has 0 amide bonds. The highest BCUT2D eigenvalue weighted by atomic mass is 19.4. The summed E-state index contributed by atoms with van der Waals surface area (Å²) in [6.07, 6.45) is -0.977. The molecule has 2 aromatic carbocycles. The maximum absolute atomic E-state index is 13.0. The third-order valence-corrected chi connectivity index (χ3v) is 6.00. The maximum Gasteiger partial charge on any atom is 0.421 e. The number of rotatable bonds is 4. The number of aliphatic hydroxyl groups is 1. The minimum absolute atomic E-state index is 0.151. The van der Waals surface area contributed by atoms with E-state index in [0.29, 0.717) is 12.6 Å². The van der Waals surface area contributed by atoms with Crippen LogP contribution in [0, 0.1) is 0 Å². The molecule has 2 heterocycles. The van der Waals surface area contributed by atoms with E-state index in [2.05, 4.69) is 14.7 Å². The van der Waals surface area contributed by atoms with Gasteiger partial charge in [0.25, 0.3) is 0 Å². The SMILES string of the molecule is CC(O)(c1ccc(CN2CCC(n3ncc4ccc(N)cc43)CC2)cc1)C(F)(F)F. The lowest BCUT2D eigenvalue weighted by Gasteiger charge is -2.32. The van der Waals surface area contributed by atoms with Gasteiger partial charge < -0.3 is 10.8 Å². The molecule has 1 atom stereocenters. The van der Waals surface area contributed by atoms with Crippen LogP contribution < -0.4 is 5.73 Å². The summed E-state index contributed by atoms with van der Waals surface area (Å²) in [5.74, 6) is 0. The minimum Gasteiger partial charge on any atom is -0.399 e. The molecule has 1 aromatic heterocycles. The number of nitrogens with two attached hydrogens (primary N) is 1. The van der Waals surface area contributed by atoms with Crippen LogP contribution >= 0.6 is 0 Å². The number of halogens is 3. The van der Waals surface area contributed by atoms with Crippen LogP contribution in [0.15, 0.2) is 48.7 Å². The molecule has 4 rings (SSSR count). The number of alkyl halides is 3. The topological polar surface area (TPSA) is 67.3 Å². The molecule has 3 aromatic rings. The van der Waals surface area contributed by atoms with Crippen molar-refractivity contribution in [3.63, 3.8) is 0 Å². The van der Waals surface area contributed by atoms with Crippen LogP contribution in [-0.2, 0) is 12.1 Å². The number of benzene rings is 2. The van der Waals surface area contributed by atoms with Crippen molar-refractivity contribution in [2.24, 2.45) is 0 Å². The number of piperidine rings is 1. The van der Waals surface area contributed by atoms with Crippen LogP contribution in [0.1, 0.15) is 36.9 Å². The van der Waals surface area contributed by atoms with Gasteiger partial charge in [0.15, 0.2) is 5.60 Å². The Bertz CT molecular complexity index is 1020. The predicted molar refractivity (Wildman–Crippen MR) is 110 cm³/mol. The zero-order valence-electron chi connectivity index (χ0n) is 16.7. The van der Waals surface area contributed by atoms with E-state index in [4.69, 9.17) is 5.73 Å². The lowest BCUT2D eigenvalue weighted by atomic mass is 9.94. The minimum atomic E-state index is -4.71. The molecule has 0 saturated carbocycles. The fraction of sp³-hybridized carbons (Fsp3) is 0.409. The molecule has 1 aliphatic heterocycles. The number of anilines is 1. The van der Waals surface area contributed by atoms with Crippen molar-refractivity contribution in [2.75, 3.05) is 18.8 Å². The third kappa shape index (κ3) is 3.89. The van der Waals surface area contributed by atoms with E-state index < -0.39 is 11.8 Å². The van der Waals surface area contributed by atoms with E-state index in [1.807, 2.05) is 24.4 Å². The molecule has 1 fully saturated rings. The van der Waals surface area contributed by atoms with Crippen molar-refractivity contribution in [1.29, 1.82) is 0 Å². The number of aromatic nitrogens is 2. The Hall–Kier alpha value is -2.58. The Labute approximate surface area is 172 Å². The summed E-state index contributed by atoms with van der Waals surface area (Å²) in [7, 11) is 0. The Morgan fingerprint density at radius 1 is 1.10 bits per heavy atom. The second-order valence-corrected chi connectivity index (χ2v) is 8.18. The smallest absolute Gasteiger partial charge is 0.399 e. The summed E-state index contributed by atoms with van der Waals surface area (Å²) in [5, 5.41) is 15.4. The Balaban J connectivity index is 1.38. The summed E-state index contributed by atoms with van der Waals surface area (Å²) < 4.78 is 41.0. The lowest BCUT2D eigenvalue weighted by molar-refractivity contribution is -0.258. The summed E-state index contributed by atoms with van der Waals surface area (Å²) in [6, 6.07) is 12.1. The Morgan fingerprint density at radius 3 is 2.40 bits per heavy atom. The maximum atomic E-state index is 13.0. The second kappa shape index (κ2) is 7.59. The number of fused-ring (bicyclic) bond motifs is 1. The number of hydrogen-bond acceptors (Lipinski definition) is 4. The van der Waals surface area contributed by atoms with Gasteiger partial charge in [-0.3, -0.25) is 9.58 Å². The van der Waals surface area contributed by atoms with Crippen LogP contribution in [-0.4, -0.2) is 39.1 Å². The summed E-state index contributed by atoms with van der Waals surface area (Å²) in [6.45, 7) is 3.18. The van der Waals surface area contributed by atoms with Gasteiger partial charge in [-0.05, 0) is 49.1 Å². The molecule has 1 unspecified atom stereocenters. The van der Waals surface area contributed by atoms with E-state index >= 15 is 0 Å². The summed E-state index contributed by atoms with van der Waals surface area (Å²) in [4.78, 5) is 2.29. The van der Waals surface area contributed by atoms with E-state index in [1.165, 1.54) is 12.1 Å².